The average Bonchev–Trinajstić information content (AvgIpc) is 3.49. The highest BCUT2D eigenvalue weighted by Crippen LogP contribution is 2.38. The second-order valence-electron chi connectivity index (χ2n) is 6.95. The lowest BCUT2D eigenvalue weighted by molar-refractivity contribution is 0.103. The summed E-state index contributed by atoms with van der Waals surface area (Å²) in [5.74, 6) is 2.31. The first kappa shape index (κ1) is 25.0. The lowest BCUT2D eigenvalue weighted by Crippen LogP contribution is -2.15. The van der Waals surface area contributed by atoms with Gasteiger partial charge >= 0.3 is 0 Å². The van der Waals surface area contributed by atoms with Crippen LogP contribution in [0.1, 0.15) is 44.2 Å². The molecule has 0 amide bonds. The zero-order valence-corrected chi connectivity index (χ0v) is 20.8. The third-order valence-electron chi connectivity index (χ3n) is 4.92. The number of halogens is 1. The third-order valence-corrected chi connectivity index (χ3v) is 6.16. The fourth-order valence-electron chi connectivity index (χ4n) is 3.54. The number of rotatable bonds is 8. The predicted molar refractivity (Wildman–Crippen MR) is 131 cm³/mol. The van der Waals surface area contributed by atoms with Crippen LogP contribution in [0.15, 0.2) is 42.5 Å². The maximum atomic E-state index is 12.9. The van der Waals surface area contributed by atoms with Crippen molar-refractivity contribution in [3.05, 3.63) is 58.9 Å². The molecule has 1 aliphatic rings. The molecule has 10 heteroatoms. The Bertz CT molecular complexity index is 1060. The molecule has 2 heterocycles. The summed E-state index contributed by atoms with van der Waals surface area (Å²) in [6, 6.07) is 12.7. The predicted octanol–water partition coefficient (Wildman–Crippen LogP) is 5.09. The van der Waals surface area contributed by atoms with Crippen LogP contribution in [0.25, 0.3) is 5.69 Å². The highest BCUT2D eigenvalue weighted by molar-refractivity contribution is 7.85. The first-order chi connectivity index (χ1) is 16.1. The van der Waals surface area contributed by atoms with Crippen LogP contribution in [0.3, 0.4) is 0 Å². The Hall–Kier alpha value is -2.62. The lowest BCUT2D eigenvalue weighted by atomic mass is 10.2. The minimum absolute atomic E-state index is 0.223. The summed E-state index contributed by atoms with van der Waals surface area (Å²) in [7, 11) is 1.69. The van der Waals surface area contributed by atoms with E-state index in [9.17, 15) is 4.21 Å². The van der Waals surface area contributed by atoms with Crippen molar-refractivity contribution in [3.8, 4) is 17.2 Å². The van der Waals surface area contributed by atoms with Crippen LogP contribution >= 0.6 is 11.6 Å². The second kappa shape index (κ2) is 12.0. The standard InChI is InChI=1S/C21H23ClN4O4S.C2H6/c1-28-16-8-4-9-17(29-2)19(16)26-20(18-10-5-11-30-18)23-24-21(26)25-31(27)13-14-6-3-7-15(22)12-14;1-2/h3-4,6-9,12,18H,5,10-11,13H2,1-2H3,(H,24,25);1-2H3. The molecule has 1 saturated heterocycles. The summed E-state index contributed by atoms with van der Waals surface area (Å²) in [5.41, 5.74) is 1.46. The van der Waals surface area contributed by atoms with E-state index in [1.807, 2.05) is 44.2 Å². The van der Waals surface area contributed by atoms with E-state index in [-0.39, 0.29) is 11.9 Å². The molecule has 33 heavy (non-hydrogen) atoms. The first-order valence-corrected chi connectivity index (χ1v) is 12.5. The lowest BCUT2D eigenvalue weighted by Gasteiger charge is -2.19. The van der Waals surface area contributed by atoms with Crippen molar-refractivity contribution in [2.45, 2.75) is 38.5 Å². The molecule has 4 rings (SSSR count). The van der Waals surface area contributed by atoms with Crippen molar-refractivity contribution >= 4 is 28.5 Å². The molecule has 2 unspecified atom stereocenters. The molecule has 0 radical (unpaired) electrons. The van der Waals surface area contributed by atoms with Gasteiger partial charge in [-0.2, -0.15) is 0 Å². The Kier molecular flexibility index (Phi) is 9.11. The van der Waals surface area contributed by atoms with E-state index in [0.29, 0.717) is 40.6 Å². The van der Waals surface area contributed by atoms with Crippen molar-refractivity contribution in [1.29, 1.82) is 0 Å². The van der Waals surface area contributed by atoms with Crippen LogP contribution in [0, 0.1) is 0 Å². The molecule has 2 atom stereocenters. The van der Waals surface area contributed by atoms with E-state index in [2.05, 4.69) is 14.9 Å². The second-order valence-corrected chi connectivity index (χ2v) is 8.57. The maximum Gasteiger partial charge on any atom is 0.241 e. The molecular formula is C23H29ClN4O4S. The van der Waals surface area contributed by atoms with E-state index in [4.69, 9.17) is 25.8 Å². The van der Waals surface area contributed by atoms with Gasteiger partial charge < -0.3 is 14.2 Å². The third kappa shape index (κ3) is 5.85. The molecule has 1 aliphatic heterocycles. The van der Waals surface area contributed by atoms with Crippen LogP contribution < -0.4 is 14.2 Å². The highest BCUT2D eigenvalue weighted by Gasteiger charge is 2.29. The number of nitrogens with zero attached hydrogens (tertiary/aromatic N) is 3. The smallest absolute Gasteiger partial charge is 0.241 e. The Morgan fingerprint density at radius 3 is 2.45 bits per heavy atom. The fraction of sp³-hybridized carbons (Fsp3) is 0.391. The van der Waals surface area contributed by atoms with Crippen LogP contribution in [-0.4, -0.2) is 39.8 Å². The SMILES string of the molecule is CC.COc1cccc(OC)c1-n1c(NS(=O)Cc2cccc(Cl)c2)nnc1C1CCCO1. The molecule has 178 valence electrons. The molecule has 1 fully saturated rings. The van der Waals surface area contributed by atoms with Gasteiger partial charge in [0, 0.05) is 11.6 Å². The summed E-state index contributed by atoms with van der Waals surface area (Å²) < 4.78 is 34.7. The van der Waals surface area contributed by atoms with Gasteiger partial charge in [0.1, 0.15) is 34.3 Å². The monoisotopic (exact) mass is 492 g/mol. The van der Waals surface area contributed by atoms with E-state index in [0.717, 1.165) is 18.4 Å². The van der Waals surface area contributed by atoms with Crippen molar-refractivity contribution in [2.24, 2.45) is 0 Å². The van der Waals surface area contributed by atoms with Gasteiger partial charge in [0.2, 0.25) is 5.95 Å². The average molecular weight is 493 g/mol. The zero-order chi connectivity index (χ0) is 23.8. The number of hydrogen-bond acceptors (Lipinski definition) is 6. The molecule has 1 N–H and O–H groups in total. The summed E-state index contributed by atoms with van der Waals surface area (Å²) in [5, 5.41) is 9.23. The van der Waals surface area contributed by atoms with Gasteiger partial charge in [0.05, 0.1) is 20.0 Å². The van der Waals surface area contributed by atoms with Gasteiger partial charge in [-0.15, -0.1) is 10.2 Å². The van der Waals surface area contributed by atoms with Crippen LogP contribution in [-0.2, 0) is 21.5 Å². The number of benzene rings is 2. The summed E-state index contributed by atoms with van der Waals surface area (Å²) in [4.78, 5) is 0. The van der Waals surface area contributed by atoms with Crippen molar-refractivity contribution < 1.29 is 18.4 Å². The molecule has 1 aromatic heterocycles. The van der Waals surface area contributed by atoms with E-state index >= 15 is 0 Å². The van der Waals surface area contributed by atoms with E-state index in [1.165, 1.54) is 0 Å². The maximum absolute atomic E-state index is 12.9. The van der Waals surface area contributed by atoms with Gasteiger partial charge in [-0.1, -0.05) is 43.6 Å². The first-order valence-electron chi connectivity index (χ1n) is 10.8. The Labute approximate surface area is 201 Å². The Morgan fingerprint density at radius 2 is 1.85 bits per heavy atom. The highest BCUT2D eigenvalue weighted by atomic mass is 35.5. The molecular weight excluding hydrogens is 464 g/mol. The number of anilines is 1. The summed E-state index contributed by atoms with van der Waals surface area (Å²) >= 11 is 6.05. The molecule has 2 aromatic carbocycles. The summed E-state index contributed by atoms with van der Waals surface area (Å²) in [6.45, 7) is 4.66. The van der Waals surface area contributed by atoms with Crippen molar-refractivity contribution in [1.82, 2.24) is 14.8 Å². The number of hydrogen-bond donors (Lipinski definition) is 1. The minimum Gasteiger partial charge on any atom is -0.494 e. The van der Waals surface area contributed by atoms with Gasteiger partial charge in [0.15, 0.2) is 5.82 Å². The van der Waals surface area contributed by atoms with Crippen LogP contribution in [0.2, 0.25) is 5.02 Å². The number of nitrogens with one attached hydrogen (secondary N) is 1. The van der Waals surface area contributed by atoms with Crippen LogP contribution in [0.5, 0.6) is 11.5 Å². The quantitative estimate of drug-likeness (QED) is 0.471. The normalized spacial score (nSPS) is 16.0. The van der Waals surface area contributed by atoms with E-state index < -0.39 is 11.0 Å². The number of para-hydroxylation sites is 1. The number of methoxy groups -OCH3 is 2. The minimum atomic E-state index is -1.47. The van der Waals surface area contributed by atoms with Crippen molar-refractivity contribution in [2.75, 3.05) is 25.5 Å². The number of aromatic nitrogens is 3. The molecule has 0 spiro atoms. The number of ether oxygens (including phenoxy) is 3. The largest absolute Gasteiger partial charge is 0.494 e. The van der Waals surface area contributed by atoms with Gasteiger partial charge in [0.25, 0.3) is 0 Å². The van der Waals surface area contributed by atoms with Crippen molar-refractivity contribution in [3.63, 3.8) is 0 Å². The molecule has 0 aliphatic carbocycles. The van der Waals surface area contributed by atoms with Gasteiger partial charge in [-0.25, -0.2) is 4.21 Å². The molecule has 0 bridgehead atoms. The molecule has 3 aromatic rings. The van der Waals surface area contributed by atoms with Gasteiger partial charge in [-0.3, -0.25) is 9.29 Å². The summed E-state index contributed by atoms with van der Waals surface area (Å²) in [6.07, 6.45) is 1.53. The van der Waals surface area contributed by atoms with Gasteiger partial charge in [-0.05, 0) is 42.7 Å². The zero-order valence-electron chi connectivity index (χ0n) is 19.2. The topological polar surface area (TPSA) is 87.5 Å². The fourth-order valence-corrected chi connectivity index (χ4v) is 4.64. The Balaban J connectivity index is 0.00000149. The van der Waals surface area contributed by atoms with E-state index in [1.54, 1.807) is 30.9 Å². The Morgan fingerprint density at radius 1 is 1.15 bits per heavy atom. The van der Waals surface area contributed by atoms with Crippen LogP contribution in [0.4, 0.5) is 5.95 Å². The molecule has 0 saturated carbocycles. The molecule has 8 nitrogen and oxygen atoms in total.